The standard InChI is InChI=1S/C16H22F3N3O/c1-12(9-20)21-14(23)15(16(17,18)19)7-8-22(11-15)10-13-5-3-2-4-6-13/h2-6,12H,7-11,20H2,1H3,(H,21,23)/t12-,15?/m0/s1. The lowest BCUT2D eigenvalue weighted by molar-refractivity contribution is -0.218. The second-order valence-electron chi connectivity index (χ2n) is 6.14. The SMILES string of the molecule is C[C@@H](CN)NC(=O)C1(C(F)(F)F)CCN(Cc2ccccc2)C1. The van der Waals surface area contributed by atoms with E-state index in [2.05, 4.69) is 5.32 Å². The number of benzene rings is 1. The van der Waals surface area contributed by atoms with Gasteiger partial charge in [-0.3, -0.25) is 9.69 Å². The van der Waals surface area contributed by atoms with E-state index < -0.39 is 23.5 Å². The largest absolute Gasteiger partial charge is 0.404 e. The number of hydrogen-bond acceptors (Lipinski definition) is 3. The van der Waals surface area contributed by atoms with Gasteiger partial charge in [0.2, 0.25) is 5.91 Å². The summed E-state index contributed by atoms with van der Waals surface area (Å²) in [5, 5.41) is 2.39. The second-order valence-corrected chi connectivity index (χ2v) is 6.14. The van der Waals surface area contributed by atoms with Crippen LogP contribution in [0.3, 0.4) is 0 Å². The Morgan fingerprint density at radius 3 is 2.61 bits per heavy atom. The molecule has 1 heterocycles. The van der Waals surface area contributed by atoms with Gasteiger partial charge < -0.3 is 11.1 Å². The van der Waals surface area contributed by atoms with Crippen LogP contribution >= 0.6 is 0 Å². The summed E-state index contributed by atoms with van der Waals surface area (Å²) in [6, 6.07) is 8.80. The van der Waals surface area contributed by atoms with Crippen molar-refractivity contribution < 1.29 is 18.0 Å². The van der Waals surface area contributed by atoms with Crippen LogP contribution in [0.2, 0.25) is 0 Å². The summed E-state index contributed by atoms with van der Waals surface area (Å²) in [4.78, 5) is 13.9. The van der Waals surface area contributed by atoms with Crippen LogP contribution in [0.5, 0.6) is 0 Å². The van der Waals surface area contributed by atoms with Gasteiger partial charge in [0.05, 0.1) is 0 Å². The zero-order valence-electron chi connectivity index (χ0n) is 13.1. The van der Waals surface area contributed by atoms with Crippen LogP contribution in [0.1, 0.15) is 18.9 Å². The number of nitrogens with one attached hydrogen (secondary N) is 1. The average Bonchev–Trinajstić information content (AvgIpc) is 2.93. The highest BCUT2D eigenvalue weighted by atomic mass is 19.4. The first kappa shape index (κ1) is 17.7. The molecule has 1 aliphatic rings. The fourth-order valence-electron chi connectivity index (χ4n) is 2.83. The minimum Gasteiger partial charge on any atom is -0.352 e. The average molecular weight is 329 g/mol. The molecule has 1 saturated heterocycles. The van der Waals surface area contributed by atoms with Gasteiger partial charge in [-0.25, -0.2) is 0 Å². The number of nitrogens with two attached hydrogens (primary N) is 1. The lowest BCUT2D eigenvalue weighted by Crippen LogP contribution is -2.55. The number of carbonyl (C=O) groups excluding carboxylic acids is 1. The van der Waals surface area contributed by atoms with Gasteiger partial charge in [-0.2, -0.15) is 13.2 Å². The Balaban J connectivity index is 2.13. The Bertz CT molecular complexity index is 535. The molecule has 3 N–H and O–H groups in total. The zero-order valence-corrected chi connectivity index (χ0v) is 13.1. The molecule has 0 aromatic heterocycles. The van der Waals surface area contributed by atoms with Crippen LogP contribution in [0.15, 0.2) is 30.3 Å². The Morgan fingerprint density at radius 2 is 2.04 bits per heavy atom. The molecule has 0 aliphatic carbocycles. The molecule has 128 valence electrons. The zero-order chi connectivity index (χ0) is 17.1. The number of likely N-dealkylation sites (tertiary alicyclic amines) is 1. The van der Waals surface area contributed by atoms with Crippen molar-refractivity contribution in [1.29, 1.82) is 0 Å². The van der Waals surface area contributed by atoms with E-state index in [1.54, 1.807) is 11.8 Å². The van der Waals surface area contributed by atoms with E-state index in [0.717, 1.165) is 5.56 Å². The van der Waals surface area contributed by atoms with Gasteiger partial charge >= 0.3 is 6.18 Å². The normalized spacial score (nSPS) is 23.7. The number of nitrogens with zero attached hydrogens (tertiary/aromatic N) is 1. The highest BCUT2D eigenvalue weighted by Gasteiger charge is 2.62. The number of hydrogen-bond donors (Lipinski definition) is 2. The van der Waals surface area contributed by atoms with Gasteiger partial charge in [0.15, 0.2) is 5.41 Å². The van der Waals surface area contributed by atoms with E-state index in [1.807, 2.05) is 30.3 Å². The molecule has 7 heteroatoms. The predicted molar refractivity (Wildman–Crippen MR) is 81.5 cm³/mol. The first-order valence-electron chi connectivity index (χ1n) is 7.62. The van der Waals surface area contributed by atoms with Crippen LogP contribution in [0, 0.1) is 5.41 Å². The van der Waals surface area contributed by atoms with Gasteiger partial charge in [0.1, 0.15) is 0 Å². The van der Waals surface area contributed by atoms with E-state index in [-0.39, 0.29) is 26.1 Å². The van der Waals surface area contributed by atoms with Gasteiger partial charge in [-0.15, -0.1) is 0 Å². The van der Waals surface area contributed by atoms with Crippen LogP contribution in [-0.2, 0) is 11.3 Å². The quantitative estimate of drug-likeness (QED) is 0.867. The summed E-state index contributed by atoms with van der Waals surface area (Å²) in [6.45, 7) is 2.01. The van der Waals surface area contributed by atoms with Gasteiger partial charge in [-0.1, -0.05) is 30.3 Å². The van der Waals surface area contributed by atoms with E-state index in [4.69, 9.17) is 5.73 Å². The number of alkyl halides is 3. The van der Waals surface area contributed by atoms with Crippen molar-refractivity contribution in [3.05, 3.63) is 35.9 Å². The van der Waals surface area contributed by atoms with Crippen molar-refractivity contribution in [2.75, 3.05) is 19.6 Å². The number of amides is 1. The summed E-state index contributed by atoms with van der Waals surface area (Å²) in [6.07, 6.45) is -4.82. The van der Waals surface area contributed by atoms with Crippen molar-refractivity contribution >= 4 is 5.91 Å². The maximum atomic E-state index is 13.6. The topological polar surface area (TPSA) is 58.4 Å². The molecule has 0 radical (unpaired) electrons. The maximum absolute atomic E-state index is 13.6. The van der Waals surface area contributed by atoms with Crippen molar-refractivity contribution in [1.82, 2.24) is 10.2 Å². The van der Waals surface area contributed by atoms with Crippen LogP contribution in [0.4, 0.5) is 13.2 Å². The van der Waals surface area contributed by atoms with E-state index >= 15 is 0 Å². The van der Waals surface area contributed by atoms with Gasteiger partial charge in [0, 0.05) is 25.7 Å². The number of carbonyl (C=O) groups is 1. The summed E-state index contributed by atoms with van der Waals surface area (Å²) in [7, 11) is 0. The molecular weight excluding hydrogens is 307 g/mol. The third-order valence-corrected chi connectivity index (χ3v) is 4.31. The van der Waals surface area contributed by atoms with Crippen LogP contribution in [0.25, 0.3) is 0 Å². The van der Waals surface area contributed by atoms with Crippen molar-refractivity contribution in [2.45, 2.75) is 32.1 Å². The lowest BCUT2D eigenvalue weighted by Gasteiger charge is -2.31. The van der Waals surface area contributed by atoms with Crippen molar-refractivity contribution in [2.24, 2.45) is 11.1 Å². The number of halogens is 3. The molecule has 1 fully saturated rings. The first-order valence-corrected chi connectivity index (χ1v) is 7.62. The molecular formula is C16H22F3N3O. The maximum Gasteiger partial charge on any atom is 0.404 e. The fourth-order valence-corrected chi connectivity index (χ4v) is 2.83. The molecule has 1 unspecified atom stereocenters. The molecule has 0 saturated carbocycles. The molecule has 0 bridgehead atoms. The van der Waals surface area contributed by atoms with Crippen molar-refractivity contribution in [3.8, 4) is 0 Å². The summed E-state index contributed by atoms with van der Waals surface area (Å²) in [5.41, 5.74) is 3.97. The lowest BCUT2D eigenvalue weighted by atomic mass is 9.85. The molecule has 1 amide bonds. The summed E-state index contributed by atoms with van der Waals surface area (Å²) >= 11 is 0. The molecule has 1 aromatic rings. The second kappa shape index (κ2) is 6.88. The van der Waals surface area contributed by atoms with E-state index in [9.17, 15) is 18.0 Å². The Kier molecular flexibility index (Phi) is 5.31. The highest BCUT2D eigenvalue weighted by Crippen LogP contribution is 2.46. The van der Waals surface area contributed by atoms with Gasteiger partial charge in [-0.05, 0) is 25.5 Å². The van der Waals surface area contributed by atoms with E-state index in [0.29, 0.717) is 6.54 Å². The smallest absolute Gasteiger partial charge is 0.352 e. The first-order chi connectivity index (χ1) is 10.8. The van der Waals surface area contributed by atoms with Gasteiger partial charge in [0.25, 0.3) is 0 Å². The molecule has 4 nitrogen and oxygen atoms in total. The molecule has 2 rings (SSSR count). The molecule has 0 spiro atoms. The Hall–Kier alpha value is -1.60. The third-order valence-electron chi connectivity index (χ3n) is 4.31. The molecule has 1 aliphatic heterocycles. The minimum atomic E-state index is -4.59. The summed E-state index contributed by atoms with van der Waals surface area (Å²) < 4.78 is 40.8. The molecule has 23 heavy (non-hydrogen) atoms. The Morgan fingerprint density at radius 1 is 1.39 bits per heavy atom. The monoisotopic (exact) mass is 329 g/mol. The minimum absolute atomic E-state index is 0.105. The highest BCUT2D eigenvalue weighted by molar-refractivity contribution is 5.84. The van der Waals surface area contributed by atoms with Crippen LogP contribution < -0.4 is 11.1 Å². The fraction of sp³-hybridized carbons (Fsp3) is 0.562. The van der Waals surface area contributed by atoms with E-state index in [1.165, 1.54) is 0 Å². The Labute approximate surface area is 133 Å². The molecule has 2 atom stereocenters. The number of rotatable bonds is 5. The molecule has 1 aromatic carbocycles. The van der Waals surface area contributed by atoms with Crippen LogP contribution in [-0.4, -0.2) is 42.7 Å². The predicted octanol–water partition coefficient (Wildman–Crippen LogP) is 1.90. The summed E-state index contributed by atoms with van der Waals surface area (Å²) in [5.74, 6) is -0.974. The van der Waals surface area contributed by atoms with Crippen molar-refractivity contribution in [3.63, 3.8) is 0 Å². The third kappa shape index (κ3) is 3.84.